The van der Waals surface area contributed by atoms with Crippen molar-refractivity contribution in [3.63, 3.8) is 0 Å². The minimum Gasteiger partial charge on any atom is -0.342 e. The normalized spacial score (nSPS) is 24.3. The molecule has 0 unspecified atom stereocenters. The van der Waals surface area contributed by atoms with Gasteiger partial charge < -0.3 is 10.2 Å². The molecule has 2 aliphatic rings. The van der Waals surface area contributed by atoms with Crippen molar-refractivity contribution in [3.05, 3.63) is 23.8 Å². The molecule has 0 radical (unpaired) electrons. The number of hydrogen-bond acceptors (Lipinski definition) is 2. The second-order valence-corrected chi connectivity index (χ2v) is 6.32. The zero-order valence-electron chi connectivity index (χ0n) is 11.9. The highest BCUT2D eigenvalue weighted by Crippen LogP contribution is 2.24. The summed E-state index contributed by atoms with van der Waals surface area (Å²) in [7, 11) is 0. The Kier molecular flexibility index (Phi) is 3.78. The Balaban J connectivity index is 2.11. The summed E-state index contributed by atoms with van der Waals surface area (Å²) in [5.74, 6) is -0.0492. The van der Waals surface area contributed by atoms with Crippen LogP contribution in [0.5, 0.6) is 0 Å². The van der Waals surface area contributed by atoms with Crippen molar-refractivity contribution in [3.8, 4) is 0 Å². The second-order valence-electron chi connectivity index (χ2n) is 6.32. The molecule has 4 nitrogen and oxygen atoms in total. The van der Waals surface area contributed by atoms with E-state index in [1.54, 1.807) is 4.90 Å². The Bertz CT molecular complexity index is 444. The smallest absolute Gasteiger partial charge is 0.246 e. The molecule has 1 heterocycles. The van der Waals surface area contributed by atoms with E-state index in [0.717, 1.165) is 18.4 Å². The van der Waals surface area contributed by atoms with Gasteiger partial charge in [0.15, 0.2) is 0 Å². The SMILES string of the molecule is CC(C)(C)[C@@H]1NC(=O)CN(CC2=CCCC=C2)C1=O. The van der Waals surface area contributed by atoms with Gasteiger partial charge in [-0.3, -0.25) is 9.59 Å². The first kappa shape index (κ1) is 13.8. The van der Waals surface area contributed by atoms with Crippen LogP contribution in [0.3, 0.4) is 0 Å². The van der Waals surface area contributed by atoms with Gasteiger partial charge in [-0.05, 0) is 23.8 Å². The summed E-state index contributed by atoms with van der Waals surface area (Å²) in [5, 5.41) is 2.81. The van der Waals surface area contributed by atoms with Crippen LogP contribution >= 0.6 is 0 Å². The third kappa shape index (κ3) is 3.25. The molecule has 2 amide bonds. The fourth-order valence-corrected chi connectivity index (χ4v) is 2.43. The van der Waals surface area contributed by atoms with Gasteiger partial charge in [-0.15, -0.1) is 0 Å². The number of hydrogen-bond donors (Lipinski definition) is 1. The molecule has 19 heavy (non-hydrogen) atoms. The van der Waals surface area contributed by atoms with Gasteiger partial charge in [-0.1, -0.05) is 39.0 Å². The molecule has 2 rings (SSSR count). The highest BCUT2D eigenvalue weighted by molar-refractivity contribution is 5.95. The van der Waals surface area contributed by atoms with Gasteiger partial charge in [0.1, 0.15) is 6.04 Å². The quantitative estimate of drug-likeness (QED) is 0.822. The predicted molar refractivity (Wildman–Crippen MR) is 74.4 cm³/mol. The standard InChI is InChI=1S/C15H22N2O2/c1-15(2,3)13-14(19)17(10-12(18)16-13)9-11-7-5-4-6-8-11/h5,7-8,13H,4,6,9-10H2,1-3H3,(H,16,18)/t13-/m1/s1. The lowest BCUT2D eigenvalue weighted by Gasteiger charge is -2.39. The van der Waals surface area contributed by atoms with Crippen LogP contribution in [0.1, 0.15) is 33.6 Å². The molecule has 0 bridgehead atoms. The summed E-state index contributed by atoms with van der Waals surface area (Å²) in [6.45, 7) is 6.61. The number of carbonyl (C=O) groups is 2. The molecular weight excluding hydrogens is 240 g/mol. The minimum absolute atomic E-state index is 0.0203. The molecule has 1 fully saturated rings. The van der Waals surface area contributed by atoms with Gasteiger partial charge in [-0.2, -0.15) is 0 Å². The molecule has 1 aliphatic heterocycles. The zero-order valence-corrected chi connectivity index (χ0v) is 11.9. The second kappa shape index (κ2) is 5.19. The summed E-state index contributed by atoms with van der Waals surface area (Å²) in [6.07, 6.45) is 8.39. The number of piperazine rings is 1. The van der Waals surface area contributed by atoms with Crippen LogP contribution in [0.15, 0.2) is 23.8 Å². The predicted octanol–water partition coefficient (Wildman–Crippen LogP) is 1.64. The topological polar surface area (TPSA) is 49.4 Å². The van der Waals surface area contributed by atoms with E-state index in [9.17, 15) is 9.59 Å². The zero-order chi connectivity index (χ0) is 14.0. The summed E-state index contributed by atoms with van der Waals surface area (Å²) >= 11 is 0. The van der Waals surface area contributed by atoms with Gasteiger partial charge >= 0.3 is 0 Å². The highest BCUT2D eigenvalue weighted by Gasteiger charge is 2.39. The van der Waals surface area contributed by atoms with Crippen LogP contribution in [-0.4, -0.2) is 35.8 Å². The van der Waals surface area contributed by atoms with Crippen molar-refractivity contribution in [1.29, 1.82) is 0 Å². The van der Waals surface area contributed by atoms with Crippen molar-refractivity contribution in [2.45, 2.75) is 39.7 Å². The Morgan fingerprint density at radius 2 is 2.05 bits per heavy atom. The van der Waals surface area contributed by atoms with Crippen molar-refractivity contribution in [2.75, 3.05) is 13.1 Å². The first-order valence-corrected chi connectivity index (χ1v) is 6.81. The summed E-state index contributed by atoms with van der Waals surface area (Å²) in [4.78, 5) is 25.9. The first-order chi connectivity index (χ1) is 8.88. The molecule has 1 saturated heterocycles. The summed E-state index contributed by atoms with van der Waals surface area (Å²) in [5.41, 5.74) is 0.865. The monoisotopic (exact) mass is 262 g/mol. The van der Waals surface area contributed by atoms with E-state index in [1.165, 1.54) is 0 Å². The largest absolute Gasteiger partial charge is 0.342 e. The third-order valence-corrected chi connectivity index (χ3v) is 3.51. The van der Waals surface area contributed by atoms with E-state index in [4.69, 9.17) is 0 Å². The van der Waals surface area contributed by atoms with Crippen LogP contribution in [0.4, 0.5) is 0 Å². The Labute approximate surface area is 114 Å². The van der Waals surface area contributed by atoms with Crippen LogP contribution in [0.2, 0.25) is 0 Å². The lowest BCUT2D eigenvalue weighted by atomic mass is 9.84. The first-order valence-electron chi connectivity index (χ1n) is 6.81. The van der Waals surface area contributed by atoms with Crippen LogP contribution < -0.4 is 5.32 Å². The number of carbonyl (C=O) groups excluding carboxylic acids is 2. The molecule has 0 aromatic rings. The van der Waals surface area contributed by atoms with Crippen molar-refractivity contribution < 1.29 is 9.59 Å². The Morgan fingerprint density at radius 1 is 1.32 bits per heavy atom. The molecule has 0 aromatic carbocycles. The van der Waals surface area contributed by atoms with E-state index in [0.29, 0.717) is 6.54 Å². The van der Waals surface area contributed by atoms with Crippen molar-refractivity contribution in [2.24, 2.45) is 5.41 Å². The number of nitrogens with zero attached hydrogens (tertiary/aromatic N) is 1. The van der Waals surface area contributed by atoms with E-state index >= 15 is 0 Å². The van der Waals surface area contributed by atoms with Crippen molar-refractivity contribution in [1.82, 2.24) is 10.2 Å². The van der Waals surface area contributed by atoms with Crippen LogP contribution in [-0.2, 0) is 9.59 Å². The summed E-state index contributed by atoms with van der Waals surface area (Å²) < 4.78 is 0. The highest BCUT2D eigenvalue weighted by atomic mass is 16.2. The van der Waals surface area contributed by atoms with Gasteiger partial charge in [0, 0.05) is 6.54 Å². The maximum Gasteiger partial charge on any atom is 0.246 e. The Hall–Kier alpha value is -1.58. The number of rotatable bonds is 2. The van der Waals surface area contributed by atoms with Gasteiger partial charge in [0.05, 0.1) is 6.54 Å². The number of allylic oxidation sites excluding steroid dienone is 2. The molecule has 1 N–H and O–H groups in total. The molecule has 1 atom stereocenters. The van der Waals surface area contributed by atoms with Gasteiger partial charge in [0.25, 0.3) is 0 Å². The van der Waals surface area contributed by atoms with E-state index < -0.39 is 6.04 Å². The molecule has 104 valence electrons. The van der Waals surface area contributed by atoms with E-state index in [-0.39, 0.29) is 23.8 Å². The molecule has 1 aliphatic carbocycles. The maximum atomic E-state index is 12.5. The van der Waals surface area contributed by atoms with Gasteiger partial charge in [0.2, 0.25) is 11.8 Å². The van der Waals surface area contributed by atoms with Crippen LogP contribution in [0.25, 0.3) is 0 Å². The maximum absolute atomic E-state index is 12.5. The molecule has 0 spiro atoms. The van der Waals surface area contributed by atoms with Crippen LogP contribution in [0, 0.1) is 5.41 Å². The van der Waals surface area contributed by atoms with E-state index in [2.05, 4.69) is 23.5 Å². The number of nitrogens with one attached hydrogen (secondary N) is 1. The minimum atomic E-state index is -0.429. The molecule has 4 heteroatoms. The fraction of sp³-hybridized carbons (Fsp3) is 0.600. The van der Waals surface area contributed by atoms with Crippen molar-refractivity contribution >= 4 is 11.8 Å². The van der Waals surface area contributed by atoms with E-state index in [1.807, 2.05) is 20.8 Å². The molecular formula is C15H22N2O2. The number of amides is 2. The summed E-state index contributed by atoms with van der Waals surface area (Å²) in [6, 6.07) is -0.429. The lowest BCUT2D eigenvalue weighted by molar-refractivity contribution is -0.146. The Morgan fingerprint density at radius 3 is 2.63 bits per heavy atom. The molecule has 0 saturated carbocycles. The molecule has 0 aromatic heterocycles. The average Bonchev–Trinajstić information content (AvgIpc) is 2.33. The average molecular weight is 262 g/mol. The van der Waals surface area contributed by atoms with Gasteiger partial charge in [-0.25, -0.2) is 0 Å². The fourth-order valence-electron chi connectivity index (χ4n) is 2.43. The lowest BCUT2D eigenvalue weighted by Crippen LogP contribution is -2.62. The third-order valence-electron chi connectivity index (χ3n) is 3.51.